The summed E-state index contributed by atoms with van der Waals surface area (Å²) in [6, 6.07) is 8.32. The third-order valence-electron chi connectivity index (χ3n) is 3.77. The number of halogens is 1. The molecule has 1 aliphatic heterocycles. The molecule has 0 amide bonds. The van der Waals surface area contributed by atoms with Crippen molar-refractivity contribution in [3.05, 3.63) is 58.1 Å². The molecule has 0 fully saturated rings. The summed E-state index contributed by atoms with van der Waals surface area (Å²) in [7, 11) is -4.07. The first-order valence-corrected chi connectivity index (χ1v) is 8.98. The van der Waals surface area contributed by atoms with E-state index in [1.807, 2.05) is 0 Å². The summed E-state index contributed by atoms with van der Waals surface area (Å²) in [5, 5.41) is 14.0. The predicted octanol–water partition coefficient (Wildman–Crippen LogP) is 1.61. The monoisotopic (exact) mass is 381 g/mol. The largest absolute Gasteiger partial charge is 0.478 e. The second kappa shape index (κ2) is 6.14. The molecule has 0 aliphatic carbocycles. The van der Waals surface area contributed by atoms with Gasteiger partial charge in [0.1, 0.15) is 10.6 Å². The molecule has 1 heterocycles. The molecule has 0 saturated carbocycles. The number of rotatable bonds is 4. The fourth-order valence-corrected chi connectivity index (χ4v) is 3.63. The highest BCUT2D eigenvalue weighted by atomic mass is 35.5. The van der Waals surface area contributed by atoms with Crippen molar-refractivity contribution in [1.82, 2.24) is 0 Å². The second-order valence-electron chi connectivity index (χ2n) is 5.49. The first kappa shape index (κ1) is 17.4. The highest BCUT2D eigenvalue weighted by molar-refractivity contribution is 7.89. The van der Waals surface area contributed by atoms with Crippen molar-refractivity contribution >= 4 is 33.4 Å². The van der Waals surface area contributed by atoms with Crippen LogP contribution in [0.4, 0.5) is 0 Å². The highest BCUT2D eigenvalue weighted by Gasteiger charge is 2.29. The molecule has 130 valence electrons. The molecule has 7 nitrogen and oxygen atoms in total. The van der Waals surface area contributed by atoms with Crippen LogP contribution in [-0.4, -0.2) is 31.4 Å². The molecule has 1 atom stereocenters. The molecular weight excluding hydrogens is 370 g/mol. The fraction of sp³-hybridized carbons (Fsp3) is 0.125. The lowest BCUT2D eigenvalue weighted by molar-refractivity contribution is -0.144. The lowest BCUT2D eigenvalue weighted by Crippen LogP contribution is -2.24. The van der Waals surface area contributed by atoms with Crippen molar-refractivity contribution in [2.45, 2.75) is 17.4 Å². The van der Waals surface area contributed by atoms with Crippen molar-refractivity contribution in [2.24, 2.45) is 5.14 Å². The number of benzene rings is 2. The zero-order valence-corrected chi connectivity index (χ0v) is 14.2. The number of aliphatic carboxylic acids is 1. The Balaban J connectivity index is 1.96. The molecule has 0 aromatic heterocycles. The Kier molecular flexibility index (Phi) is 4.28. The van der Waals surface area contributed by atoms with E-state index in [4.69, 9.17) is 26.6 Å². The average molecular weight is 382 g/mol. The first-order chi connectivity index (χ1) is 11.7. The van der Waals surface area contributed by atoms with Crippen LogP contribution in [0.15, 0.2) is 41.3 Å². The second-order valence-corrected chi connectivity index (χ2v) is 7.43. The number of ketones is 1. The first-order valence-electron chi connectivity index (χ1n) is 7.06. The number of carbonyl (C=O) groups is 2. The zero-order valence-electron chi connectivity index (χ0n) is 12.6. The van der Waals surface area contributed by atoms with Gasteiger partial charge < -0.3 is 9.84 Å². The quantitative estimate of drug-likeness (QED) is 0.775. The molecule has 0 saturated heterocycles. The smallest absolute Gasteiger partial charge is 0.345 e. The lowest BCUT2D eigenvalue weighted by atomic mass is 10.00. The van der Waals surface area contributed by atoms with E-state index < -0.39 is 27.9 Å². The lowest BCUT2D eigenvalue weighted by Gasteiger charge is -2.07. The minimum absolute atomic E-state index is 0.0781. The van der Waals surface area contributed by atoms with Crippen molar-refractivity contribution in [1.29, 1.82) is 0 Å². The van der Waals surface area contributed by atoms with E-state index in [0.717, 1.165) is 6.07 Å². The van der Waals surface area contributed by atoms with Gasteiger partial charge in [0.2, 0.25) is 10.0 Å². The molecule has 3 rings (SSSR count). The van der Waals surface area contributed by atoms with Crippen LogP contribution < -0.4 is 9.88 Å². The Morgan fingerprint density at radius 1 is 1.16 bits per heavy atom. The van der Waals surface area contributed by atoms with Gasteiger partial charge in [-0.3, -0.25) is 4.79 Å². The molecule has 25 heavy (non-hydrogen) atoms. The average Bonchev–Trinajstić information content (AvgIpc) is 2.97. The number of carbonyl (C=O) groups excluding carboxylic acids is 1. The van der Waals surface area contributed by atoms with Gasteiger partial charge in [0.15, 0.2) is 11.9 Å². The van der Waals surface area contributed by atoms with Gasteiger partial charge in [-0.2, -0.15) is 0 Å². The van der Waals surface area contributed by atoms with Crippen LogP contribution >= 0.6 is 11.6 Å². The molecule has 2 aromatic rings. The van der Waals surface area contributed by atoms with Crippen LogP contribution in [0, 0.1) is 0 Å². The molecule has 3 N–H and O–H groups in total. The van der Waals surface area contributed by atoms with Crippen LogP contribution in [-0.2, 0) is 21.2 Å². The summed E-state index contributed by atoms with van der Waals surface area (Å²) in [4.78, 5) is 23.3. The van der Waals surface area contributed by atoms with Crippen molar-refractivity contribution in [2.75, 3.05) is 0 Å². The molecule has 0 radical (unpaired) electrons. The number of nitrogens with two attached hydrogens (primary N) is 1. The molecular formula is C16H12ClNO6S. The Labute approximate surface area is 148 Å². The van der Waals surface area contributed by atoms with E-state index in [-0.39, 0.29) is 27.5 Å². The van der Waals surface area contributed by atoms with Gasteiger partial charge in [-0.25, -0.2) is 18.4 Å². The zero-order chi connectivity index (χ0) is 18.4. The summed E-state index contributed by atoms with van der Waals surface area (Å²) in [5.41, 5.74) is 0.969. The van der Waals surface area contributed by atoms with E-state index in [0.29, 0.717) is 11.3 Å². The predicted molar refractivity (Wildman–Crippen MR) is 88.5 cm³/mol. The number of primary sulfonamides is 1. The third kappa shape index (κ3) is 3.37. The number of hydrogen-bond acceptors (Lipinski definition) is 5. The SMILES string of the molecule is NS(=O)(=O)c1cc(C(=O)c2ccc3c(c2)CC(C(=O)O)O3)ccc1Cl. The Bertz CT molecular complexity index is 1000. The fourth-order valence-electron chi connectivity index (χ4n) is 2.56. The van der Waals surface area contributed by atoms with Gasteiger partial charge in [0, 0.05) is 17.5 Å². The van der Waals surface area contributed by atoms with Gasteiger partial charge in [-0.15, -0.1) is 0 Å². The molecule has 1 unspecified atom stereocenters. The van der Waals surface area contributed by atoms with Crippen LogP contribution in [0.1, 0.15) is 21.5 Å². The molecule has 1 aliphatic rings. The summed E-state index contributed by atoms with van der Waals surface area (Å²) in [6.07, 6.45) is -0.834. The van der Waals surface area contributed by atoms with Gasteiger partial charge in [0.25, 0.3) is 0 Å². The maximum atomic E-state index is 12.6. The van der Waals surface area contributed by atoms with E-state index in [9.17, 15) is 18.0 Å². The van der Waals surface area contributed by atoms with Gasteiger partial charge >= 0.3 is 5.97 Å². The number of carboxylic acids is 1. The van der Waals surface area contributed by atoms with Crippen molar-refractivity contribution in [3.63, 3.8) is 0 Å². The summed E-state index contributed by atoms with van der Waals surface area (Å²) in [6.45, 7) is 0. The number of ether oxygens (including phenoxy) is 1. The molecule has 9 heteroatoms. The van der Waals surface area contributed by atoms with Gasteiger partial charge in [-0.05, 0) is 42.0 Å². The number of fused-ring (bicyclic) bond motifs is 1. The Hall–Kier alpha value is -2.42. The van der Waals surface area contributed by atoms with Crippen molar-refractivity contribution < 1.29 is 27.9 Å². The number of carboxylic acid groups (broad SMARTS) is 1. The highest BCUT2D eigenvalue weighted by Crippen LogP contribution is 2.31. The topological polar surface area (TPSA) is 124 Å². The van der Waals surface area contributed by atoms with Gasteiger partial charge in [0.05, 0.1) is 5.02 Å². The number of hydrogen-bond donors (Lipinski definition) is 2. The van der Waals surface area contributed by atoms with Crippen LogP contribution in [0.2, 0.25) is 5.02 Å². The summed E-state index contributed by atoms with van der Waals surface area (Å²) in [5.74, 6) is -1.12. The van der Waals surface area contributed by atoms with E-state index in [1.165, 1.54) is 30.3 Å². The maximum Gasteiger partial charge on any atom is 0.345 e. The Morgan fingerprint density at radius 2 is 1.80 bits per heavy atom. The summed E-state index contributed by atoms with van der Waals surface area (Å²) < 4.78 is 28.3. The normalized spacial score (nSPS) is 16.2. The molecule has 0 bridgehead atoms. The summed E-state index contributed by atoms with van der Waals surface area (Å²) >= 11 is 5.81. The minimum Gasteiger partial charge on any atom is -0.478 e. The standard InChI is InChI=1S/C16H12ClNO6S/c17-11-3-1-9(7-14(11)25(18,22)23)15(19)8-2-4-12-10(5-8)6-13(24-12)16(20)21/h1-5,7,13H,6H2,(H,20,21)(H2,18,22,23). The van der Waals surface area contributed by atoms with Gasteiger partial charge in [-0.1, -0.05) is 11.6 Å². The minimum atomic E-state index is -4.07. The van der Waals surface area contributed by atoms with Crippen LogP contribution in [0.3, 0.4) is 0 Å². The number of sulfonamides is 1. The van der Waals surface area contributed by atoms with E-state index in [2.05, 4.69) is 0 Å². The van der Waals surface area contributed by atoms with E-state index >= 15 is 0 Å². The van der Waals surface area contributed by atoms with Crippen molar-refractivity contribution in [3.8, 4) is 5.75 Å². The Morgan fingerprint density at radius 3 is 2.44 bits per heavy atom. The van der Waals surface area contributed by atoms with Crippen LogP contribution in [0.5, 0.6) is 5.75 Å². The van der Waals surface area contributed by atoms with Crippen LogP contribution in [0.25, 0.3) is 0 Å². The molecule has 0 spiro atoms. The molecule has 2 aromatic carbocycles. The maximum absolute atomic E-state index is 12.6. The van der Waals surface area contributed by atoms with E-state index in [1.54, 1.807) is 0 Å². The third-order valence-corrected chi connectivity index (χ3v) is 5.17.